The van der Waals surface area contributed by atoms with Gasteiger partial charge in [0, 0.05) is 36.3 Å². The summed E-state index contributed by atoms with van der Waals surface area (Å²) < 4.78 is 5.06. The molecular formula is C20H20N4O3S. The molecule has 7 nitrogen and oxygen atoms in total. The second kappa shape index (κ2) is 8.71. The zero-order chi connectivity index (χ0) is 20.1. The molecule has 2 aromatic heterocycles. The average molecular weight is 396 g/mol. The molecule has 0 aliphatic heterocycles. The van der Waals surface area contributed by atoms with Crippen LogP contribution in [0.1, 0.15) is 34.3 Å². The van der Waals surface area contributed by atoms with Gasteiger partial charge in [0.25, 0.3) is 5.91 Å². The van der Waals surface area contributed by atoms with Gasteiger partial charge in [-0.2, -0.15) is 0 Å². The van der Waals surface area contributed by atoms with Gasteiger partial charge in [0.15, 0.2) is 0 Å². The van der Waals surface area contributed by atoms with Gasteiger partial charge in [-0.1, -0.05) is 23.0 Å². The van der Waals surface area contributed by atoms with E-state index in [0.29, 0.717) is 27.7 Å². The number of hydrogen-bond donors (Lipinski definition) is 2. The number of carbonyl (C=O) groups excluding carboxylic acids is 2. The summed E-state index contributed by atoms with van der Waals surface area (Å²) in [4.78, 5) is 28.4. The van der Waals surface area contributed by atoms with Crippen LogP contribution in [0, 0.1) is 13.8 Å². The summed E-state index contributed by atoms with van der Waals surface area (Å²) in [7, 11) is 0. The zero-order valence-electron chi connectivity index (χ0n) is 15.8. The molecule has 0 saturated carbocycles. The standard InChI is InChI=1S/C20H20N4O3S/c1-12-6-7-15(10-18(12)22-14(3)25)23-19(26)17-5-4-8-21-20(17)28-11-16-9-13(2)27-24-16/h4-10H,11H2,1-3H3,(H,22,25)(H,23,26). The van der Waals surface area contributed by atoms with E-state index < -0.39 is 0 Å². The van der Waals surface area contributed by atoms with Crippen molar-refractivity contribution in [2.75, 3.05) is 10.6 Å². The Balaban J connectivity index is 1.75. The van der Waals surface area contributed by atoms with Crippen LogP contribution >= 0.6 is 11.8 Å². The molecule has 8 heteroatoms. The minimum absolute atomic E-state index is 0.166. The molecule has 2 N–H and O–H groups in total. The molecule has 0 fully saturated rings. The number of nitrogens with zero attached hydrogens (tertiary/aromatic N) is 2. The average Bonchev–Trinajstić information content (AvgIpc) is 3.08. The highest BCUT2D eigenvalue weighted by molar-refractivity contribution is 7.98. The van der Waals surface area contributed by atoms with Crippen molar-refractivity contribution >= 4 is 35.0 Å². The van der Waals surface area contributed by atoms with Crippen LogP contribution in [0.3, 0.4) is 0 Å². The van der Waals surface area contributed by atoms with Crippen LogP contribution in [-0.2, 0) is 10.5 Å². The third-order valence-electron chi connectivity index (χ3n) is 3.86. The summed E-state index contributed by atoms with van der Waals surface area (Å²) in [5.41, 5.74) is 3.42. The predicted octanol–water partition coefficient (Wildman–Crippen LogP) is 4.19. The van der Waals surface area contributed by atoms with E-state index in [0.717, 1.165) is 17.0 Å². The summed E-state index contributed by atoms with van der Waals surface area (Å²) >= 11 is 1.41. The van der Waals surface area contributed by atoms with Gasteiger partial charge in [-0.15, -0.1) is 0 Å². The lowest BCUT2D eigenvalue weighted by Crippen LogP contribution is -2.14. The van der Waals surface area contributed by atoms with E-state index >= 15 is 0 Å². The second-order valence-corrected chi connectivity index (χ2v) is 7.20. The van der Waals surface area contributed by atoms with Crippen molar-refractivity contribution in [1.82, 2.24) is 10.1 Å². The van der Waals surface area contributed by atoms with E-state index in [4.69, 9.17) is 4.52 Å². The lowest BCUT2D eigenvalue weighted by Gasteiger charge is -2.12. The van der Waals surface area contributed by atoms with Crippen LogP contribution in [0.25, 0.3) is 0 Å². The van der Waals surface area contributed by atoms with Crippen LogP contribution in [0.5, 0.6) is 0 Å². The summed E-state index contributed by atoms with van der Waals surface area (Å²) in [6, 6.07) is 10.7. The molecule has 0 saturated heterocycles. The Labute approximate surface area is 166 Å². The molecule has 2 amide bonds. The lowest BCUT2D eigenvalue weighted by atomic mass is 10.1. The smallest absolute Gasteiger partial charge is 0.258 e. The highest BCUT2D eigenvalue weighted by Crippen LogP contribution is 2.26. The maximum atomic E-state index is 12.8. The van der Waals surface area contributed by atoms with Gasteiger partial charge in [0.1, 0.15) is 10.8 Å². The maximum absolute atomic E-state index is 12.8. The van der Waals surface area contributed by atoms with Crippen molar-refractivity contribution in [3.63, 3.8) is 0 Å². The third kappa shape index (κ3) is 4.98. The van der Waals surface area contributed by atoms with Gasteiger partial charge < -0.3 is 15.2 Å². The fraction of sp³-hybridized carbons (Fsp3) is 0.200. The van der Waals surface area contributed by atoms with Crippen molar-refractivity contribution < 1.29 is 14.1 Å². The molecule has 0 radical (unpaired) electrons. The Morgan fingerprint density at radius 1 is 1.14 bits per heavy atom. The Bertz CT molecular complexity index is 1020. The first kappa shape index (κ1) is 19.6. The number of aryl methyl sites for hydroxylation is 2. The monoisotopic (exact) mass is 396 g/mol. The van der Waals surface area contributed by atoms with Gasteiger partial charge in [0.2, 0.25) is 5.91 Å². The van der Waals surface area contributed by atoms with Gasteiger partial charge in [-0.25, -0.2) is 4.98 Å². The van der Waals surface area contributed by atoms with Crippen LogP contribution in [0.4, 0.5) is 11.4 Å². The minimum Gasteiger partial charge on any atom is -0.361 e. The number of nitrogens with one attached hydrogen (secondary N) is 2. The van der Waals surface area contributed by atoms with E-state index in [-0.39, 0.29) is 11.8 Å². The van der Waals surface area contributed by atoms with Crippen molar-refractivity contribution in [3.05, 3.63) is 65.2 Å². The molecule has 0 atom stereocenters. The SMILES string of the molecule is CC(=O)Nc1cc(NC(=O)c2cccnc2SCc2cc(C)on2)ccc1C. The molecule has 0 aliphatic rings. The van der Waals surface area contributed by atoms with E-state index in [1.807, 2.05) is 26.0 Å². The molecule has 28 heavy (non-hydrogen) atoms. The van der Waals surface area contributed by atoms with Crippen molar-refractivity contribution in [3.8, 4) is 0 Å². The molecule has 1 aromatic carbocycles. The minimum atomic E-state index is -0.274. The molecule has 0 unspecified atom stereocenters. The summed E-state index contributed by atoms with van der Waals surface area (Å²) in [6.07, 6.45) is 1.65. The number of benzene rings is 1. The molecular weight excluding hydrogens is 376 g/mol. The number of rotatable bonds is 6. The van der Waals surface area contributed by atoms with Crippen molar-refractivity contribution in [2.45, 2.75) is 31.6 Å². The fourth-order valence-electron chi connectivity index (χ4n) is 2.53. The number of anilines is 2. The number of carbonyl (C=O) groups is 2. The number of aromatic nitrogens is 2. The van der Waals surface area contributed by atoms with Gasteiger partial charge in [-0.05, 0) is 43.7 Å². The summed E-state index contributed by atoms with van der Waals surface area (Å²) in [5, 5.41) is 10.2. The highest BCUT2D eigenvalue weighted by atomic mass is 32.2. The molecule has 3 aromatic rings. The molecule has 3 rings (SSSR count). The lowest BCUT2D eigenvalue weighted by molar-refractivity contribution is -0.114. The molecule has 0 bridgehead atoms. The maximum Gasteiger partial charge on any atom is 0.258 e. The molecule has 0 aliphatic carbocycles. The quantitative estimate of drug-likeness (QED) is 0.607. The third-order valence-corrected chi connectivity index (χ3v) is 4.89. The first-order valence-corrected chi connectivity index (χ1v) is 9.60. The Morgan fingerprint density at radius 3 is 2.68 bits per heavy atom. The number of pyridine rings is 1. The van der Waals surface area contributed by atoms with E-state index in [1.165, 1.54) is 18.7 Å². The molecule has 0 spiro atoms. The van der Waals surface area contributed by atoms with E-state index in [9.17, 15) is 9.59 Å². The van der Waals surface area contributed by atoms with Crippen molar-refractivity contribution in [1.29, 1.82) is 0 Å². The van der Waals surface area contributed by atoms with Gasteiger partial charge in [-0.3, -0.25) is 9.59 Å². The Morgan fingerprint density at radius 2 is 1.96 bits per heavy atom. The fourth-order valence-corrected chi connectivity index (χ4v) is 3.40. The van der Waals surface area contributed by atoms with E-state index in [1.54, 1.807) is 30.5 Å². The van der Waals surface area contributed by atoms with Crippen LogP contribution < -0.4 is 10.6 Å². The summed E-state index contributed by atoms with van der Waals surface area (Å²) in [6.45, 7) is 5.16. The zero-order valence-corrected chi connectivity index (χ0v) is 16.6. The normalized spacial score (nSPS) is 10.5. The number of amides is 2. The van der Waals surface area contributed by atoms with Crippen LogP contribution in [-0.4, -0.2) is 22.0 Å². The predicted molar refractivity (Wildman–Crippen MR) is 108 cm³/mol. The number of hydrogen-bond acceptors (Lipinski definition) is 6. The van der Waals surface area contributed by atoms with Crippen LogP contribution in [0.2, 0.25) is 0 Å². The second-order valence-electron chi connectivity index (χ2n) is 6.24. The largest absolute Gasteiger partial charge is 0.361 e. The van der Waals surface area contributed by atoms with Gasteiger partial charge >= 0.3 is 0 Å². The van der Waals surface area contributed by atoms with E-state index in [2.05, 4.69) is 20.8 Å². The van der Waals surface area contributed by atoms with Crippen LogP contribution in [0.15, 0.2) is 52.1 Å². The van der Waals surface area contributed by atoms with Gasteiger partial charge in [0.05, 0.1) is 11.3 Å². The Kier molecular flexibility index (Phi) is 6.10. The highest BCUT2D eigenvalue weighted by Gasteiger charge is 2.14. The topological polar surface area (TPSA) is 97.1 Å². The summed E-state index contributed by atoms with van der Waals surface area (Å²) in [5.74, 6) is 0.848. The molecule has 2 heterocycles. The molecule has 144 valence electrons. The first-order chi connectivity index (χ1) is 13.4. The Hall–Kier alpha value is -3.13. The number of thioether (sulfide) groups is 1. The van der Waals surface area contributed by atoms with Crippen molar-refractivity contribution in [2.24, 2.45) is 0 Å². The first-order valence-electron chi connectivity index (χ1n) is 8.62.